The number of hydrazine groups is 1. The highest BCUT2D eigenvalue weighted by atomic mass is 16.5. The van der Waals surface area contributed by atoms with Gasteiger partial charge in [-0.05, 0) is 12.8 Å². The number of hydrogen-bond donors (Lipinski definition) is 2. The normalized spacial score (nSPS) is 27.3. The summed E-state index contributed by atoms with van der Waals surface area (Å²) in [5.41, 5.74) is 2.69. The zero-order valence-electron chi connectivity index (χ0n) is 6.88. The summed E-state index contributed by atoms with van der Waals surface area (Å²) in [6.07, 6.45) is 2.45. The Morgan fingerprint density at radius 3 is 3.09 bits per heavy atom. The lowest BCUT2D eigenvalue weighted by Crippen LogP contribution is -2.46. The van der Waals surface area contributed by atoms with Crippen LogP contribution >= 0.6 is 0 Å². The fraction of sp³-hybridized carbons (Fsp3) is 1.00. The third-order valence-corrected chi connectivity index (χ3v) is 1.97. The fourth-order valence-corrected chi connectivity index (χ4v) is 1.36. The van der Waals surface area contributed by atoms with Crippen LogP contribution in [0.5, 0.6) is 0 Å². The van der Waals surface area contributed by atoms with Gasteiger partial charge in [-0.1, -0.05) is 0 Å². The second-order valence-electron chi connectivity index (χ2n) is 2.78. The molecule has 2 atom stereocenters. The highest BCUT2D eigenvalue weighted by molar-refractivity contribution is 4.78. The molecule has 4 nitrogen and oxygen atoms in total. The van der Waals surface area contributed by atoms with E-state index >= 15 is 0 Å². The first-order valence-electron chi connectivity index (χ1n) is 3.95. The number of methoxy groups -OCH3 is 1. The van der Waals surface area contributed by atoms with E-state index in [1.54, 1.807) is 7.11 Å². The van der Waals surface area contributed by atoms with Crippen molar-refractivity contribution in [2.75, 3.05) is 20.3 Å². The van der Waals surface area contributed by atoms with Gasteiger partial charge < -0.3 is 9.47 Å². The monoisotopic (exact) mass is 160 g/mol. The zero-order chi connectivity index (χ0) is 8.10. The maximum atomic E-state index is 5.44. The molecule has 66 valence electrons. The minimum atomic E-state index is 0.141. The summed E-state index contributed by atoms with van der Waals surface area (Å²) in [4.78, 5) is 0. The van der Waals surface area contributed by atoms with Crippen LogP contribution < -0.4 is 11.3 Å². The first kappa shape index (κ1) is 8.93. The van der Waals surface area contributed by atoms with Crippen molar-refractivity contribution in [2.45, 2.75) is 25.0 Å². The minimum absolute atomic E-state index is 0.141. The van der Waals surface area contributed by atoms with Gasteiger partial charge >= 0.3 is 0 Å². The summed E-state index contributed by atoms with van der Waals surface area (Å²) in [6.45, 7) is 1.47. The fourth-order valence-electron chi connectivity index (χ4n) is 1.36. The zero-order valence-corrected chi connectivity index (χ0v) is 6.88. The first-order valence-corrected chi connectivity index (χ1v) is 3.95. The maximum Gasteiger partial charge on any atom is 0.0764 e. The van der Waals surface area contributed by atoms with E-state index < -0.39 is 0 Å². The van der Waals surface area contributed by atoms with Gasteiger partial charge in [0.15, 0.2) is 0 Å². The second-order valence-corrected chi connectivity index (χ2v) is 2.78. The summed E-state index contributed by atoms with van der Waals surface area (Å²) in [7, 11) is 1.67. The van der Waals surface area contributed by atoms with Gasteiger partial charge in [0.1, 0.15) is 0 Å². The van der Waals surface area contributed by atoms with Crippen LogP contribution in [-0.2, 0) is 9.47 Å². The minimum Gasteiger partial charge on any atom is -0.383 e. The standard InChI is InChI=1S/C7H16N2O2/c1-10-5-6(9-8)7-3-2-4-11-7/h6-7,9H,2-5,8H2,1H3. The summed E-state index contributed by atoms with van der Waals surface area (Å²) < 4.78 is 10.4. The molecule has 11 heavy (non-hydrogen) atoms. The van der Waals surface area contributed by atoms with E-state index in [0.717, 1.165) is 19.4 Å². The second kappa shape index (κ2) is 4.66. The van der Waals surface area contributed by atoms with Crippen molar-refractivity contribution >= 4 is 0 Å². The Morgan fingerprint density at radius 1 is 1.82 bits per heavy atom. The molecule has 1 saturated heterocycles. The van der Waals surface area contributed by atoms with Gasteiger partial charge in [-0.2, -0.15) is 0 Å². The van der Waals surface area contributed by atoms with Crippen molar-refractivity contribution in [3.63, 3.8) is 0 Å². The van der Waals surface area contributed by atoms with Gasteiger partial charge in [0.05, 0.1) is 18.8 Å². The molecule has 0 spiro atoms. The van der Waals surface area contributed by atoms with Gasteiger partial charge in [-0.15, -0.1) is 0 Å². The van der Waals surface area contributed by atoms with Crippen LogP contribution in [0.15, 0.2) is 0 Å². The van der Waals surface area contributed by atoms with E-state index in [1.165, 1.54) is 0 Å². The Kier molecular flexibility index (Phi) is 3.79. The van der Waals surface area contributed by atoms with Crippen molar-refractivity contribution in [2.24, 2.45) is 5.84 Å². The van der Waals surface area contributed by atoms with E-state index in [1.807, 2.05) is 0 Å². The van der Waals surface area contributed by atoms with Crippen molar-refractivity contribution < 1.29 is 9.47 Å². The molecule has 3 N–H and O–H groups in total. The highest BCUT2D eigenvalue weighted by Crippen LogP contribution is 2.15. The number of hydrogen-bond acceptors (Lipinski definition) is 4. The van der Waals surface area contributed by atoms with Crippen molar-refractivity contribution in [1.82, 2.24) is 5.43 Å². The predicted molar refractivity (Wildman–Crippen MR) is 42.0 cm³/mol. The molecule has 0 saturated carbocycles. The Morgan fingerprint density at radius 2 is 2.64 bits per heavy atom. The summed E-state index contributed by atoms with van der Waals surface area (Å²) >= 11 is 0. The molecule has 0 amide bonds. The summed E-state index contributed by atoms with van der Waals surface area (Å²) in [5, 5.41) is 0. The van der Waals surface area contributed by atoms with E-state index in [2.05, 4.69) is 5.43 Å². The van der Waals surface area contributed by atoms with Gasteiger partial charge in [0.25, 0.3) is 0 Å². The first-order chi connectivity index (χ1) is 5.38. The highest BCUT2D eigenvalue weighted by Gasteiger charge is 2.24. The topological polar surface area (TPSA) is 56.5 Å². The van der Waals surface area contributed by atoms with Crippen LogP contribution in [0.25, 0.3) is 0 Å². The number of nitrogens with one attached hydrogen (secondary N) is 1. The Labute approximate surface area is 67.0 Å². The molecular weight excluding hydrogens is 144 g/mol. The van der Waals surface area contributed by atoms with Gasteiger partial charge in [-0.3, -0.25) is 11.3 Å². The molecule has 0 aromatic carbocycles. The molecule has 0 aliphatic carbocycles. The molecule has 1 aliphatic rings. The Balaban J connectivity index is 2.27. The van der Waals surface area contributed by atoms with Crippen LogP contribution in [0.3, 0.4) is 0 Å². The molecule has 0 radical (unpaired) electrons. The average molecular weight is 160 g/mol. The van der Waals surface area contributed by atoms with Crippen LogP contribution in [-0.4, -0.2) is 32.5 Å². The van der Waals surface area contributed by atoms with E-state index in [0.29, 0.717) is 6.61 Å². The van der Waals surface area contributed by atoms with Crippen LogP contribution in [0, 0.1) is 0 Å². The summed E-state index contributed by atoms with van der Waals surface area (Å²) in [5.74, 6) is 5.33. The van der Waals surface area contributed by atoms with E-state index in [-0.39, 0.29) is 12.1 Å². The third kappa shape index (κ3) is 2.41. The summed E-state index contributed by atoms with van der Waals surface area (Å²) in [6, 6.07) is 0.141. The van der Waals surface area contributed by atoms with Gasteiger partial charge in [0.2, 0.25) is 0 Å². The number of ether oxygens (including phenoxy) is 2. The molecule has 1 rings (SSSR count). The Hall–Kier alpha value is -0.160. The van der Waals surface area contributed by atoms with Crippen LogP contribution in [0.2, 0.25) is 0 Å². The van der Waals surface area contributed by atoms with Crippen molar-refractivity contribution in [3.8, 4) is 0 Å². The maximum absolute atomic E-state index is 5.44. The quantitative estimate of drug-likeness (QED) is 0.436. The van der Waals surface area contributed by atoms with Crippen molar-refractivity contribution in [1.29, 1.82) is 0 Å². The smallest absolute Gasteiger partial charge is 0.0764 e. The molecule has 1 fully saturated rings. The van der Waals surface area contributed by atoms with E-state index in [4.69, 9.17) is 15.3 Å². The average Bonchev–Trinajstić information content (AvgIpc) is 2.52. The number of rotatable bonds is 4. The molecule has 1 aliphatic heterocycles. The molecule has 0 aromatic rings. The molecular formula is C7H16N2O2. The molecule has 4 heteroatoms. The van der Waals surface area contributed by atoms with Crippen molar-refractivity contribution in [3.05, 3.63) is 0 Å². The van der Waals surface area contributed by atoms with Gasteiger partial charge in [0, 0.05) is 13.7 Å². The molecule has 1 heterocycles. The largest absolute Gasteiger partial charge is 0.383 e. The lowest BCUT2D eigenvalue weighted by Gasteiger charge is -2.20. The van der Waals surface area contributed by atoms with E-state index in [9.17, 15) is 0 Å². The molecule has 0 bridgehead atoms. The lowest BCUT2D eigenvalue weighted by atomic mass is 10.1. The molecule has 2 unspecified atom stereocenters. The molecule has 0 aromatic heterocycles. The third-order valence-electron chi connectivity index (χ3n) is 1.97. The predicted octanol–water partition coefficient (Wildman–Crippen LogP) is -0.356. The number of nitrogens with two attached hydrogens (primary N) is 1. The Bertz CT molecular complexity index is 105. The van der Waals surface area contributed by atoms with Crippen LogP contribution in [0.1, 0.15) is 12.8 Å². The van der Waals surface area contributed by atoms with Crippen LogP contribution in [0.4, 0.5) is 0 Å². The SMILES string of the molecule is COCC(NN)C1CCCO1. The lowest BCUT2D eigenvalue weighted by molar-refractivity contribution is 0.0436. The van der Waals surface area contributed by atoms with Gasteiger partial charge in [-0.25, -0.2) is 0 Å².